The molecule has 0 heterocycles. The second-order valence-electron chi connectivity index (χ2n) is 27.3. The number of ether oxygens (including phenoxy) is 4. The first-order chi connectivity index (χ1) is 54.7. The lowest BCUT2D eigenvalue weighted by molar-refractivity contribution is -0.161. The van der Waals surface area contributed by atoms with Crippen LogP contribution in [0.15, 0.2) is 207 Å². The van der Waals surface area contributed by atoms with Crippen LogP contribution in [0, 0.1) is 0 Å². The van der Waals surface area contributed by atoms with Gasteiger partial charge >= 0.3 is 39.5 Å². The summed E-state index contributed by atoms with van der Waals surface area (Å²) in [5, 5.41) is 10.7. The topological polar surface area (TPSA) is 237 Å². The van der Waals surface area contributed by atoms with E-state index in [1.165, 1.54) is 38.5 Å². The molecule has 0 saturated carbocycles. The van der Waals surface area contributed by atoms with Crippen molar-refractivity contribution in [3.05, 3.63) is 207 Å². The number of unbranched alkanes of at least 4 members (excludes halogenated alkanes) is 17. The molecule has 0 bridgehead atoms. The molecule has 0 aliphatic carbocycles. The zero-order valence-corrected chi connectivity index (χ0v) is 71.0. The Labute approximate surface area is 678 Å². The summed E-state index contributed by atoms with van der Waals surface area (Å²) in [6.07, 6.45) is 104. The van der Waals surface area contributed by atoms with Crippen molar-refractivity contribution in [2.75, 3.05) is 39.6 Å². The smallest absolute Gasteiger partial charge is 0.462 e. The summed E-state index contributed by atoms with van der Waals surface area (Å²) >= 11 is 0. The Bertz CT molecular complexity index is 2940. The Kier molecular flexibility index (Phi) is 77.9. The van der Waals surface area contributed by atoms with E-state index in [1.54, 1.807) is 0 Å². The molecular weight excluding hydrogens is 1450 g/mol. The molecule has 0 saturated heterocycles. The molecule has 0 aromatic rings. The maximum absolute atomic E-state index is 13.1. The number of phosphoric ester groups is 2. The molecule has 0 spiro atoms. The largest absolute Gasteiger partial charge is 0.472 e. The molecule has 2 unspecified atom stereocenters. The lowest BCUT2D eigenvalue weighted by Crippen LogP contribution is -2.30. The number of rotatable bonds is 77. The van der Waals surface area contributed by atoms with E-state index in [0.29, 0.717) is 32.1 Å². The summed E-state index contributed by atoms with van der Waals surface area (Å²) in [6.45, 7) is 4.40. The van der Waals surface area contributed by atoms with Gasteiger partial charge in [0.1, 0.15) is 19.3 Å². The number of carbonyl (C=O) groups excluding carboxylic acids is 4. The Hall–Kier alpha value is -6.36. The molecule has 0 aromatic carbocycles. The van der Waals surface area contributed by atoms with Gasteiger partial charge in [-0.15, -0.1) is 0 Å². The van der Waals surface area contributed by atoms with Crippen LogP contribution in [0.1, 0.15) is 297 Å². The van der Waals surface area contributed by atoms with E-state index < -0.39 is 97.5 Å². The number of phosphoric acid groups is 2. The van der Waals surface area contributed by atoms with E-state index in [9.17, 15) is 43.2 Å². The number of esters is 4. The fourth-order valence-corrected chi connectivity index (χ4v) is 11.9. The molecular formula is C93H148O17P2. The van der Waals surface area contributed by atoms with Crippen LogP contribution in [-0.4, -0.2) is 96.7 Å². The van der Waals surface area contributed by atoms with Crippen molar-refractivity contribution >= 4 is 39.5 Å². The Morgan fingerprint density at radius 1 is 0.259 bits per heavy atom. The van der Waals surface area contributed by atoms with E-state index in [0.717, 1.165) is 173 Å². The Morgan fingerprint density at radius 3 is 0.777 bits per heavy atom. The summed E-state index contributed by atoms with van der Waals surface area (Å²) in [5.41, 5.74) is 0. The maximum Gasteiger partial charge on any atom is 0.472 e. The van der Waals surface area contributed by atoms with Crippen molar-refractivity contribution in [2.24, 2.45) is 0 Å². The fourth-order valence-electron chi connectivity index (χ4n) is 10.3. The average molecular weight is 1600 g/mol. The predicted molar refractivity (Wildman–Crippen MR) is 463 cm³/mol. The minimum absolute atomic E-state index is 0.0211. The lowest BCUT2D eigenvalue weighted by atomic mass is 10.1. The number of aliphatic hydroxyl groups is 1. The van der Waals surface area contributed by atoms with Crippen molar-refractivity contribution in [2.45, 2.75) is 316 Å². The van der Waals surface area contributed by atoms with Crippen molar-refractivity contribution < 1.29 is 80.2 Å². The molecule has 19 heteroatoms. The van der Waals surface area contributed by atoms with E-state index in [-0.39, 0.29) is 25.7 Å². The quantitative estimate of drug-likeness (QED) is 0.0169. The van der Waals surface area contributed by atoms with E-state index in [4.69, 9.17) is 37.0 Å². The van der Waals surface area contributed by atoms with Gasteiger partial charge in [-0.25, -0.2) is 9.13 Å². The first kappa shape index (κ1) is 106. The van der Waals surface area contributed by atoms with Crippen LogP contribution in [0.4, 0.5) is 0 Å². The highest BCUT2D eigenvalue weighted by Gasteiger charge is 2.30. The Morgan fingerprint density at radius 2 is 0.482 bits per heavy atom. The molecule has 112 heavy (non-hydrogen) atoms. The minimum Gasteiger partial charge on any atom is -0.462 e. The highest BCUT2D eigenvalue weighted by molar-refractivity contribution is 7.47. The molecule has 5 atom stereocenters. The number of carbonyl (C=O) groups is 4. The van der Waals surface area contributed by atoms with Crippen molar-refractivity contribution in [3.63, 3.8) is 0 Å². The number of allylic oxidation sites excluding steroid dienone is 34. The minimum atomic E-state index is -5.02. The van der Waals surface area contributed by atoms with Gasteiger partial charge in [0.25, 0.3) is 0 Å². The lowest BCUT2D eigenvalue weighted by Gasteiger charge is -2.21. The maximum atomic E-state index is 13.1. The number of hydrogen-bond donors (Lipinski definition) is 3. The zero-order valence-electron chi connectivity index (χ0n) is 69.3. The molecule has 0 aliphatic heterocycles. The van der Waals surface area contributed by atoms with E-state index in [2.05, 4.69) is 216 Å². The average Bonchev–Trinajstić information content (AvgIpc) is 0.898. The fraction of sp³-hybridized carbons (Fsp3) is 0.591. The van der Waals surface area contributed by atoms with Crippen molar-refractivity contribution in [3.8, 4) is 0 Å². The molecule has 632 valence electrons. The SMILES string of the molecule is CC/C=C\C/C=C\C/C=C\C/C=C\C/C=C\CCCCCC(=O)OC[C@H](COP(=O)(O)OC[C@@H](O)COP(=O)(O)OC[C@@H](COC(=O)CC/C=C\C/C=C\C/C=C\C/C=C\C/C=C\CCCCC)OC(=O)CCCCC/C=C\C/C=C\C/C=C\C/C=C\C/C=C\CC)OC(=O)CCCCCCC/C=C\C/C=C\CCCCC. The normalized spacial score (nSPS) is 14.8. The van der Waals surface area contributed by atoms with Gasteiger partial charge in [-0.1, -0.05) is 292 Å². The summed E-state index contributed by atoms with van der Waals surface area (Å²) in [5.74, 6) is -2.38. The number of hydrogen-bond acceptors (Lipinski definition) is 15. The van der Waals surface area contributed by atoms with Crippen LogP contribution < -0.4 is 0 Å². The third-order valence-corrected chi connectivity index (χ3v) is 18.6. The van der Waals surface area contributed by atoms with Gasteiger partial charge in [0, 0.05) is 25.7 Å². The van der Waals surface area contributed by atoms with E-state index >= 15 is 0 Å². The highest BCUT2D eigenvalue weighted by atomic mass is 31.2. The van der Waals surface area contributed by atoms with Crippen LogP contribution >= 0.6 is 15.6 Å². The molecule has 0 aromatic heterocycles. The monoisotopic (exact) mass is 1600 g/mol. The van der Waals surface area contributed by atoms with Crippen LogP contribution in [0.3, 0.4) is 0 Å². The molecule has 0 aliphatic rings. The van der Waals surface area contributed by atoms with Gasteiger partial charge < -0.3 is 33.8 Å². The van der Waals surface area contributed by atoms with Gasteiger partial charge in [-0.2, -0.15) is 0 Å². The van der Waals surface area contributed by atoms with Crippen molar-refractivity contribution in [1.82, 2.24) is 0 Å². The van der Waals surface area contributed by atoms with Crippen LogP contribution in [0.2, 0.25) is 0 Å². The Balaban J connectivity index is 5.55. The molecule has 17 nitrogen and oxygen atoms in total. The molecule has 0 fully saturated rings. The van der Waals surface area contributed by atoms with E-state index in [1.807, 2.05) is 18.2 Å². The predicted octanol–water partition coefficient (Wildman–Crippen LogP) is 25.4. The third kappa shape index (κ3) is 81.6. The molecule has 0 radical (unpaired) electrons. The molecule has 0 rings (SSSR count). The van der Waals surface area contributed by atoms with Crippen LogP contribution in [0.5, 0.6) is 0 Å². The zero-order chi connectivity index (χ0) is 81.7. The second kappa shape index (κ2) is 82.6. The summed E-state index contributed by atoms with van der Waals surface area (Å²) < 4.78 is 68.6. The number of aliphatic hydroxyl groups excluding tert-OH is 1. The van der Waals surface area contributed by atoms with Gasteiger partial charge in [0.05, 0.1) is 26.4 Å². The van der Waals surface area contributed by atoms with Gasteiger partial charge in [-0.3, -0.25) is 37.3 Å². The highest BCUT2D eigenvalue weighted by Crippen LogP contribution is 2.45. The molecule has 3 N–H and O–H groups in total. The van der Waals surface area contributed by atoms with Crippen LogP contribution in [-0.2, 0) is 65.4 Å². The van der Waals surface area contributed by atoms with Gasteiger partial charge in [0.15, 0.2) is 12.2 Å². The molecule has 0 amide bonds. The second-order valence-corrected chi connectivity index (χ2v) is 30.2. The summed E-state index contributed by atoms with van der Waals surface area (Å²) in [6, 6.07) is 0. The van der Waals surface area contributed by atoms with Crippen molar-refractivity contribution in [1.29, 1.82) is 0 Å². The third-order valence-electron chi connectivity index (χ3n) is 16.7. The van der Waals surface area contributed by atoms with Gasteiger partial charge in [-0.05, 0) is 186 Å². The summed E-state index contributed by atoms with van der Waals surface area (Å²) in [4.78, 5) is 73.2. The summed E-state index contributed by atoms with van der Waals surface area (Å²) in [7, 11) is -10.0. The first-order valence-corrected chi connectivity index (χ1v) is 45.3. The standard InChI is InChI=1S/C93H148O17P2/c1-5-9-13-17-21-25-29-33-37-40-43-46-50-53-57-61-65-69-73-77-90(95)103-83-88(109-92(97)79-75-71-67-63-59-55-49-36-32-28-24-20-16-12-8-4)85-107-111(99,100)105-81-87(94)82-106-112(101,102)108-86-89(110-93(98)80-76-72-68-64-60-56-52-48-45-42-39-35-31-27-23-19-15-11-7-3)84-104-91(96)78-74-70-66-62-58-54-51-47-44-41-38-34-30-26-22-18-14-10-6-2/h9,11,13,15,21-28,33-39,43-49,53-54,56-58,60,66,70,87-89,94H,5-8,10,12,14,16-20,29-32,40-42,50-52,55,59,61-65,67-69,71-86H2,1-4H3,(H,99,100)(H,101,102)/b13-9-,15-11-,25-21-,26-22-,27-23-,28-24-,37-33-,38-34-,39-35-,46-43-,47-44-,48-45-,49-36-,57-53-,58-54-,60-56-,70-66-/t87-,88-,89-/m1/s1. The van der Waals surface area contributed by atoms with Gasteiger partial charge in [0.2, 0.25) is 0 Å². The van der Waals surface area contributed by atoms with Crippen LogP contribution in [0.25, 0.3) is 0 Å². The first-order valence-electron chi connectivity index (χ1n) is 42.3.